The summed E-state index contributed by atoms with van der Waals surface area (Å²) in [6.45, 7) is 8.60. The average molecular weight is 320 g/mol. The highest BCUT2D eigenvalue weighted by atomic mass is 16.4. The fraction of sp³-hybridized carbons (Fsp3) is 0.471. The van der Waals surface area contributed by atoms with E-state index < -0.39 is 11.4 Å². The summed E-state index contributed by atoms with van der Waals surface area (Å²) in [5.74, 6) is -1.36. The summed E-state index contributed by atoms with van der Waals surface area (Å²) in [5, 5.41) is 14.4. The molecule has 1 rings (SSSR count). The molecule has 2 amide bonds. The summed E-state index contributed by atoms with van der Waals surface area (Å²) in [6, 6.07) is 3.59. The average Bonchev–Trinajstić information content (AvgIpc) is 2.35. The van der Waals surface area contributed by atoms with Crippen LogP contribution >= 0.6 is 0 Å². The quantitative estimate of drug-likeness (QED) is 0.750. The zero-order valence-corrected chi connectivity index (χ0v) is 14.2. The third-order valence-electron chi connectivity index (χ3n) is 3.52. The number of amides is 2. The maximum Gasteiger partial charge on any atom is 0.303 e. The Labute approximate surface area is 136 Å². The van der Waals surface area contributed by atoms with Crippen LogP contribution in [0.5, 0.6) is 0 Å². The first-order chi connectivity index (χ1) is 10.5. The van der Waals surface area contributed by atoms with E-state index >= 15 is 0 Å². The van der Waals surface area contributed by atoms with Crippen molar-refractivity contribution >= 4 is 29.2 Å². The zero-order chi connectivity index (χ0) is 17.8. The molecule has 0 aliphatic carbocycles. The Balaban J connectivity index is 2.91. The molecule has 0 bridgehead atoms. The molecule has 23 heavy (non-hydrogen) atoms. The van der Waals surface area contributed by atoms with Crippen LogP contribution in [0.1, 0.15) is 44.7 Å². The molecule has 0 saturated carbocycles. The van der Waals surface area contributed by atoms with Crippen molar-refractivity contribution in [2.24, 2.45) is 5.41 Å². The molecule has 1 aromatic rings. The first kappa shape index (κ1) is 18.7. The van der Waals surface area contributed by atoms with Gasteiger partial charge in [0.1, 0.15) is 0 Å². The lowest BCUT2D eigenvalue weighted by Crippen LogP contribution is -2.25. The number of aliphatic carboxylic acids is 1. The van der Waals surface area contributed by atoms with Crippen LogP contribution in [0.15, 0.2) is 12.1 Å². The molecule has 0 fully saturated rings. The van der Waals surface area contributed by atoms with Crippen molar-refractivity contribution in [2.75, 3.05) is 10.6 Å². The van der Waals surface area contributed by atoms with E-state index in [4.69, 9.17) is 5.11 Å². The molecule has 3 N–H and O–H groups in total. The lowest BCUT2D eigenvalue weighted by molar-refractivity contribution is -0.139. The minimum absolute atomic E-state index is 0.0789. The Hall–Kier alpha value is -2.37. The topological polar surface area (TPSA) is 95.5 Å². The van der Waals surface area contributed by atoms with Gasteiger partial charge >= 0.3 is 5.97 Å². The maximum atomic E-state index is 12.2. The number of carbonyl (C=O) groups is 3. The Morgan fingerprint density at radius 3 is 2.22 bits per heavy atom. The minimum atomic E-state index is -0.928. The second-order valence-electron chi connectivity index (χ2n) is 6.57. The first-order valence-electron chi connectivity index (χ1n) is 7.41. The number of carboxylic acid groups (broad SMARTS) is 1. The summed E-state index contributed by atoms with van der Waals surface area (Å²) < 4.78 is 0. The van der Waals surface area contributed by atoms with Crippen molar-refractivity contribution in [1.82, 2.24) is 0 Å². The smallest absolute Gasteiger partial charge is 0.303 e. The fourth-order valence-electron chi connectivity index (χ4n) is 2.45. The fourth-order valence-corrected chi connectivity index (χ4v) is 2.45. The molecule has 126 valence electrons. The number of benzene rings is 1. The van der Waals surface area contributed by atoms with Crippen LogP contribution in [0.2, 0.25) is 0 Å². The van der Waals surface area contributed by atoms with E-state index in [-0.39, 0.29) is 24.7 Å². The van der Waals surface area contributed by atoms with Crippen LogP contribution in [0.25, 0.3) is 0 Å². The van der Waals surface area contributed by atoms with Gasteiger partial charge in [0, 0.05) is 24.7 Å². The third-order valence-corrected chi connectivity index (χ3v) is 3.52. The van der Waals surface area contributed by atoms with Crippen molar-refractivity contribution in [3.63, 3.8) is 0 Å². The van der Waals surface area contributed by atoms with Crippen molar-refractivity contribution in [2.45, 2.75) is 47.5 Å². The molecule has 0 unspecified atom stereocenters. The largest absolute Gasteiger partial charge is 0.481 e. The molecule has 0 saturated heterocycles. The van der Waals surface area contributed by atoms with Gasteiger partial charge in [0.25, 0.3) is 0 Å². The molecule has 0 spiro atoms. The summed E-state index contributed by atoms with van der Waals surface area (Å²) >= 11 is 0. The van der Waals surface area contributed by atoms with Crippen molar-refractivity contribution in [1.29, 1.82) is 0 Å². The van der Waals surface area contributed by atoms with Crippen LogP contribution in [-0.4, -0.2) is 22.9 Å². The molecule has 1 aromatic carbocycles. The minimum Gasteiger partial charge on any atom is -0.481 e. The van der Waals surface area contributed by atoms with E-state index in [0.29, 0.717) is 11.4 Å². The molecule has 0 aliphatic rings. The van der Waals surface area contributed by atoms with Gasteiger partial charge in [-0.2, -0.15) is 0 Å². The van der Waals surface area contributed by atoms with E-state index in [1.54, 1.807) is 19.9 Å². The van der Waals surface area contributed by atoms with Crippen molar-refractivity contribution in [3.8, 4) is 0 Å². The van der Waals surface area contributed by atoms with E-state index in [0.717, 1.165) is 11.1 Å². The second-order valence-corrected chi connectivity index (χ2v) is 6.57. The van der Waals surface area contributed by atoms with Gasteiger partial charge in [-0.05, 0) is 36.5 Å². The number of hydrogen-bond donors (Lipinski definition) is 3. The predicted octanol–water partition coefficient (Wildman–Crippen LogP) is 3.09. The van der Waals surface area contributed by atoms with Gasteiger partial charge < -0.3 is 15.7 Å². The van der Waals surface area contributed by atoms with Gasteiger partial charge in [-0.1, -0.05) is 19.9 Å². The molecule has 0 aliphatic heterocycles. The van der Waals surface area contributed by atoms with Crippen LogP contribution in [0.4, 0.5) is 11.4 Å². The highest BCUT2D eigenvalue weighted by Crippen LogP contribution is 2.29. The number of carbonyl (C=O) groups excluding carboxylic acids is 2. The number of hydrogen-bond acceptors (Lipinski definition) is 3. The van der Waals surface area contributed by atoms with Gasteiger partial charge in [-0.3, -0.25) is 14.4 Å². The van der Waals surface area contributed by atoms with E-state index in [1.165, 1.54) is 6.92 Å². The molecular weight excluding hydrogens is 296 g/mol. The lowest BCUT2D eigenvalue weighted by atomic mass is 9.85. The van der Waals surface area contributed by atoms with Crippen molar-refractivity contribution in [3.05, 3.63) is 23.3 Å². The molecule has 0 aromatic heterocycles. The van der Waals surface area contributed by atoms with E-state index in [2.05, 4.69) is 10.6 Å². The van der Waals surface area contributed by atoms with Gasteiger partial charge in [0.05, 0.1) is 6.42 Å². The van der Waals surface area contributed by atoms with Gasteiger partial charge in [-0.15, -0.1) is 0 Å². The zero-order valence-electron chi connectivity index (χ0n) is 14.2. The van der Waals surface area contributed by atoms with E-state index in [9.17, 15) is 14.4 Å². The maximum absolute atomic E-state index is 12.2. The number of nitrogens with one attached hydrogen (secondary N) is 2. The van der Waals surface area contributed by atoms with E-state index in [1.807, 2.05) is 19.9 Å². The predicted molar refractivity (Wildman–Crippen MR) is 89.5 cm³/mol. The summed E-state index contributed by atoms with van der Waals surface area (Å²) in [5.41, 5.74) is 2.33. The molecule has 6 heteroatoms. The Bertz CT molecular complexity index is 636. The SMILES string of the molecule is CC(=O)Nc1c(C)ccc(NC(=O)CC(C)(C)CC(=O)O)c1C. The van der Waals surface area contributed by atoms with Crippen LogP contribution in [-0.2, 0) is 14.4 Å². The standard InChI is InChI=1S/C17H24N2O4/c1-10-6-7-13(11(2)16(10)18-12(3)20)19-14(21)8-17(4,5)9-15(22)23/h6-7H,8-9H2,1-5H3,(H,18,20)(H,19,21)(H,22,23). The Kier molecular flexibility index (Phi) is 5.90. The van der Waals surface area contributed by atoms with Crippen LogP contribution in [0.3, 0.4) is 0 Å². The summed E-state index contributed by atoms with van der Waals surface area (Å²) in [6.07, 6.45) is 0.0204. The number of anilines is 2. The summed E-state index contributed by atoms with van der Waals surface area (Å²) in [7, 11) is 0. The van der Waals surface area contributed by atoms with Crippen molar-refractivity contribution < 1.29 is 19.5 Å². The first-order valence-corrected chi connectivity index (χ1v) is 7.41. The number of aryl methyl sites for hydroxylation is 1. The highest BCUT2D eigenvalue weighted by Gasteiger charge is 2.25. The highest BCUT2D eigenvalue weighted by molar-refractivity contribution is 5.96. The van der Waals surface area contributed by atoms with Crippen LogP contribution in [0, 0.1) is 19.3 Å². The van der Waals surface area contributed by atoms with Gasteiger partial charge in [-0.25, -0.2) is 0 Å². The molecule has 6 nitrogen and oxygen atoms in total. The molecule has 0 heterocycles. The van der Waals surface area contributed by atoms with Crippen LogP contribution < -0.4 is 10.6 Å². The number of rotatable bonds is 6. The summed E-state index contributed by atoms with van der Waals surface area (Å²) in [4.78, 5) is 34.3. The second kappa shape index (κ2) is 7.26. The molecule has 0 radical (unpaired) electrons. The van der Waals surface area contributed by atoms with Gasteiger partial charge in [0.2, 0.25) is 11.8 Å². The Morgan fingerprint density at radius 2 is 1.70 bits per heavy atom. The lowest BCUT2D eigenvalue weighted by Gasteiger charge is -2.22. The monoisotopic (exact) mass is 320 g/mol. The molecular formula is C17H24N2O4. The number of carboxylic acids is 1. The Morgan fingerprint density at radius 1 is 1.09 bits per heavy atom. The third kappa shape index (κ3) is 5.73. The van der Waals surface area contributed by atoms with Gasteiger partial charge in [0.15, 0.2) is 0 Å². The normalized spacial score (nSPS) is 11.0. The molecule has 0 atom stereocenters.